The molecule has 284 valence electrons. The molecule has 0 aliphatic heterocycles. The molecule has 11 aromatic carbocycles. The van der Waals surface area contributed by atoms with Crippen LogP contribution in [0.1, 0.15) is 0 Å². The number of aromatic nitrogens is 3. The number of hydrogen-bond acceptors (Lipinski definition) is 0. The normalized spacial score (nSPS) is 11.9. The second-order valence-corrected chi connectivity index (χ2v) is 16.2. The summed E-state index contributed by atoms with van der Waals surface area (Å²) in [5, 5.41) is 14.5. The Morgan fingerprint density at radius 2 is 0.705 bits per heavy atom. The fraction of sp³-hybridized carbons (Fsp3) is 0. The summed E-state index contributed by atoms with van der Waals surface area (Å²) in [5.74, 6) is 0. The van der Waals surface area contributed by atoms with Crippen molar-refractivity contribution in [3.05, 3.63) is 224 Å². The van der Waals surface area contributed by atoms with Gasteiger partial charge in [-0.2, -0.15) is 0 Å². The molecule has 0 radical (unpaired) electrons. The lowest BCUT2D eigenvalue weighted by molar-refractivity contribution is 1.16. The molecule has 13 rings (SSSR count). The first-order chi connectivity index (χ1) is 30.2. The number of nitrogens with zero attached hydrogens (tertiary/aromatic N) is 3. The van der Waals surface area contributed by atoms with Crippen LogP contribution in [0.15, 0.2) is 224 Å². The van der Waals surface area contributed by atoms with Gasteiger partial charge in [0.05, 0.1) is 22.4 Å². The summed E-state index contributed by atoms with van der Waals surface area (Å²) < 4.78 is 7.34. The summed E-state index contributed by atoms with van der Waals surface area (Å²) >= 11 is 0. The zero-order chi connectivity index (χ0) is 40.0. The third kappa shape index (κ3) is 5.24. The summed E-state index contributed by atoms with van der Waals surface area (Å²) in [6, 6.07) is 82.9. The molecule has 61 heavy (non-hydrogen) atoms. The van der Waals surface area contributed by atoms with E-state index in [4.69, 9.17) is 0 Å². The van der Waals surface area contributed by atoms with Gasteiger partial charge in [0.15, 0.2) is 0 Å². The first-order valence-electron chi connectivity index (χ1n) is 21.0. The summed E-state index contributed by atoms with van der Waals surface area (Å²) in [7, 11) is 0. The van der Waals surface area contributed by atoms with E-state index in [0.29, 0.717) is 0 Å². The molecule has 2 heterocycles. The van der Waals surface area contributed by atoms with Crippen molar-refractivity contribution in [3.63, 3.8) is 0 Å². The second-order valence-electron chi connectivity index (χ2n) is 16.2. The Morgan fingerprint density at radius 3 is 1.48 bits per heavy atom. The van der Waals surface area contributed by atoms with Crippen LogP contribution in [0.2, 0.25) is 0 Å². The molecule has 2 aromatic heterocycles. The molecule has 0 N–H and O–H groups in total. The topological polar surface area (TPSA) is 14.8 Å². The van der Waals surface area contributed by atoms with Crippen molar-refractivity contribution in [3.8, 4) is 17.1 Å². The highest BCUT2D eigenvalue weighted by molar-refractivity contribution is 6.15. The van der Waals surface area contributed by atoms with Gasteiger partial charge in [0.25, 0.3) is 0 Å². The van der Waals surface area contributed by atoms with Gasteiger partial charge in [-0.15, -0.1) is 0 Å². The molecule has 0 fully saturated rings. The van der Waals surface area contributed by atoms with Crippen molar-refractivity contribution in [2.24, 2.45) is 0 Å². The largest absolute Gasteiger partial charge is 0.310 e. The standard InChI is InChI=1S/C58H37N3/c1-2-13-42-33-47(30-27-38(42)11-1)59-45-17-7-15-43(34-45)44-16-8-18-46(35-44)60(49-32-29-41-26-25-40-28-31-48(59)36-52(40)53(41)37-49)56-23-10-24-57-58(56)51-20-5-6-21-55(51)61(57)54-22-9-14-39-12-3-4-19-50(39)54/h1-37H. The predicted octanol–water partition coefficient (Wildman–Crippen LogP) is 15.6. The van der Waals surface area contributed by atoms with E-state index in [2.05, 4.69) is 238 Å². The van der Waals surface area contributed by atoms with E-state index >= 15 is 0 Å². The van der Waals surface area contributed by atoms with E-state index in [9.17, 15) is 0 Å². The molecule has 0 unspecified atom stereocenters. The van der Waals surface area contributed by atoms with Crippen molar-refractivity contribution in [1.82, 2.24) is 13.7 Å². The maximum Gasteiger partial charge on any atom is 0.0562 e. The van der Waals surface area contributed by atoms with Crippen LogP contribution in [0, 0.1) is 0 Å². The second kappa shape index (κ2) is 13.2. The third-order valence-corrected chi connectivity index (χ3v) is 12.8. The number of para-hydroxylation sites is 1. The predicted molar refractivity (Wildman–Crippen MR) is 260 cm³/mol. The van der Waals surface area contributed by atoms with Crippen molar-refractivity contribution in [2.75, 3.05) is 0 Å². The zero-order valence-electron chi connectivity index (χ0n) is 33.2. The minimum Gasteiger partial charge on any atom is -0.310 e. The molecule has 0 amide bonds. The molecule has 0 saturated heterocycles. The summed E-state index contributed by atoms with van der Waals surface area (Å²) in [6.45, 7) is 0. The van der Waals surface area contributed by atoms with Crippen LogP contribution < -0.4 is 0 Å². The molecule has 0 aliphatic rings. The average Bonchev–Trinajstić information content (AvgIpc) is 3.66. The molecule has 0 atom stereocenters. The van der Waals surface area contributed by atoms with Crippen LogP contribution in [-0.2, 0) is 0 Å². The van der Waals surface area contributed by atoms with Gasteiger partial charge in [-0.25, -0.2) is 0 Å². The van der Waals surface area contributed by atoms with Gasteiger partial charge >= 0.3 is 0 Å². The fourth-order valence-corrected chi connectivity index (χ4v) is 9.99. The first kappa shape index (κ1) is 33.8. The van der Waals surface area contributed by atoms with Gasteiger partial charge in [-0.3, -0.25) is 0 Å². The Kier molecular flexibility index (Phi) is 7.31. The maximum absolute atomic E-state index is 2.48. The molecular weight excluding hydrogens is 739 g/mol. The summed E-state index contributed by atoms with van der Waals surface area (Å²) in [5.41, 5.74) is 10.2. The Hall–Kier alpha value is -8.14. The van der Waals surface area contributed by atoms with E-state index < -0.39 is 0 Å². The Morgan fingerprint density at radius 1 is 0.230 bits per heavy atom. The van der Waals surface area contributed by atoms with Crippen LogP contribution in [0.4, 0.5) is 0 Å². The molecule has 3 heteroatoms. The lowest BCUT2D eigenvalue weighted by atomic mass is 10.0. The molecular formula is C58H37N3. The zero-order valence-corrected chi connectivity index (χ0v) is 33.2. The van der Waals surface area contributed by atoms with Crippen molar-refractivity contribution in [2.45, 2.75) is 0 Å². The highest BCUT2D eigenvalue weighted by atomic mass is 15.0. The van der Waals surface area contributed by atoms with Gasteiger partial charge in [0, 0.05) is 43.9 Å². The quantitative estimate of drug-likeness (QED) is 0.159. The lowest BCUT2D eigenvalue weighted by Crippen LogP contribution is -1.99. The Bertz CT molecular complexity index is 4000. The minimum absolute atomic E-state index is 1.10. The monoisotopic (exact) mass is 775 g/mol. The molecule has 0 aliphatic carbocycles. The Labute approximate surface area is 351 Å². The molecule has 3 nitrogen and oxygen atoms in total. The molecule has 0 saturated carbocycles. The summed E-state index contributed by atoms with van der Waals surface area (Å²) in [4.78, 5) is 0. The van der Waals surface area contributed by atoms with Gasteiger partial charge in [-0.1, -0.05) is 140 Å². The van der Waals surface area contributed by atoms with Crippen LogP contribution in [-0.4, -0.2) is 13.7 Å². The number of rotatable bonds is 3. The van der Waals surface area contributed by atoms with Crippen LogP contribution in [0.25, 0.3) is 115 Å². The number of hydrogen-bond donors (Lipinski definition) is 0. The van der Waals surface area contributed by atoms with Crippen molar-refractivity contribution in [1.29, 1.82) is 0 Å². The van der Waals surface area contributed by atoms with Crippen LogP contribution >= 0.6 is 0 Å². The smallest absolute Gasteiger partial charge is 0.0562 e. The Balaban J connectivity index is 1.19. The fourth-order valence-electron chi connectivity index (χ4n) is 9.99. The molecule has 0 spiro atoms. The van der Waals surface area contributed by atoms with Crippen molar-refractivity contribution >= 4 is 97.7 Å². The van der Waals surface area contributed by atoms with Gasteiger partial charge < -0.3 is 13.7 Å². The van der Waals surface area contributed by atoms with E-state index in [0.717, 1.165) is 44.2 Å². The highest BCUT2D eigenvalue weighted by Crippen LogP contribution is 2.39. The lowest BCUT2D eigenvalue weighted by Gasteiger charge is -2.16. The van der Waals surface area contributed by atoms with Crippen molar-refractivity contribution < 1.29 is 0 Å². The summed E-state index contributed by atoms with van der Waals surface area (Å²) in [6.07, 6.45) is 0. The molecule has 13 aromatic rings. The van der Waals surface area contributed by atoms with Crippen LogP contribution in [0.3, 0.4) is 0 Å². The number of benzene rings is 11. The van der Waals surface area contributed by atoms with Gasteiger partial charge in [0.1, 0.15) is 0 Å². The van der Waals surface area contributed by atoms with Crippen LogP contribution in [0.5, 0.6) is 0 Å². The van der Waals surface area contributed by atoms with E-state index in [-0.39, 0.29) is 0 Å². The van der Waals surface area contributed by atoms with E-state index in [1.807, 2.05) is 0 Å². The minimum atomic E-state index is 1.10. The van der Waals surface area contributed by atoms with Gasteiger partial charge in [-0.05, 0) is 133 Å². The third-order valence-electron chi connectivity index (χ3n) is 12.8. The number of fused-ring (bicyclic) bond motifs is 12. The maximum atomic E-state index is 2.48. The SMILES string of the molecule is c1ccc2cc(-n3c4cccc(c4)c4cccc(c4)n(-c4cccc5c4c4ccccc4n5-c4cccc5ccccc45)c4ccc5ccc6ccc3cc6c5c4)ccc2c1. The molecule has 8 bridgehead atoms. The van der Waals surface area contributed by atoms with E-state index in [1.54, 1.807) is 0 Å². The first-order valence-corrected chi connectivity index (χ1v) is 21.0. The average molecular weight is 776 g/mol. The highest BCUT2D eigenvalue weighted by Gasteiger charge is 2.18. The van der Waals surface area contributed by atoms with E-state index in [1.165, 1.54) is 70.6 Å². The van der Waals surface area contributed by atoms with Gasteiger partial charge in [0.2, 0.25) is 0 Å².